The lowest BCUT2D eigenvalue weighted by Gasteiger charge is -2.29. The Morgan fingerprint density at radius 2 is 1.62 bits per heavy atom. The first-order valence-electron chi connectivity index (χ1n) is 12.2. The molecule has 0 radical (unpaired) electrons. The van der Waals surface area contributed by atoms with Crippen molar-refractivity contribution in [2.45, 2.75) is 12.5 Å². The molecule has 5 heteroatoms. The fraction of sp³-hybridized carbons (Fsp3) is 0.276. The van der Waals surface area contributed by atoms with Crippen molar-refractivity contribution in [3.8, 4) is 11.1 Å². The summed E-state index contributed by atoms with van der Waals surface area (Å²) in [4.78, 5) is 9.74. The summed E-state index contributed by atoms with van der Waals surface area (Å²) in [6.45, 7) is 6.40. The average molecular weight is 469 g/mol. The van der Waals surface area contributed by atoms with Gasteiger partial charge in [-0.1, -0.05) is 60.1 Å². The summed E-state index contributed by atoms with van der Waals surface area (Å²) in [5, 5.41) is 5.47. The molecule has 0 unspecified atom stereocenters. The second-order valence-corrected chi connectivity index (χ2v) is 9.69. The molecule has 1 aliphatic carbocycles. The maximum Gasteiger partial charge on any atom is 0.0737 e. The van der Waals surface area contributed by atoms with Crippen molar-refractivity contribution in [3.63, 3.8) is 0 Å². The fourth-order valence-corrected chi connectivity index (χ4v) is 5.79. The van der Waals surface area contributed by atoms with Gasteiger partial charge in [0.15, 0.2) is 0 Å². The lowest BCUT2D eigenvalue weighted by atomic mass is 10.0. The molecular weight excluding hydrogens is 440 g/mol. The predicted octanol–water partition coefficient (Wildman–Crippen LogP) is 6.08. The number of pyridine rings is 1. The van der Waals surface area contributed by atoms with Gasteiger partial charge in [0, 0.05) is 55.0 Å². The number of benzene rings is 3. The van der Waals surface area contributed by atoms with Gasteiger partial charge in [0.2, 0.25) is 0 Å². The molecule has 0 spiro atoms. The smallest absolute Gasteiger partial charge is 0.0737 e. The van der Waals surface area contributed by atoms with E-state index in [0.717, 1.165) is 60.9 Å². The molecule has 0 saturated carbocycles. The fourth-order valence-electron chi connectivity index (χ4n) is 5.62. The standard InChI is InChI=1S/C29H29ClN4/c30-21-10-11-26-27(12-13-31-28(26)20-21)32-14-17-33-15-5-16-34(19-18-33)29-24-8-3-1-6-22(24)23-7-2-4-9-25(23)29/h1-4,6-13,20,29H,5,14-19H2,(H,31,32). The molecule has 1 aliphatic heterocycles. The SMILES string of the molecule is Clc1ccc2c(NCCN3CCCN(C4c5ccccc5-c5ccccc54)CC3)ccnc2c1. The van der Waals surface area contributed by atoms with Crippen molar-refractivity contribution in [1.82, 2.24) is 14.8 Å². The molecule has 0 bridgehead atoms. The molecule has 6 rings (SSSR count). The highest BCUT2D eigenvalue weighted by atomic mass is 35.5. The highest BCUT2D eigenvalue weighted by Crippen LogP contribution is 2.46. The number of halogens is 1. The first kappa shape index (κ1) is 21.6. The van der Waals surface area contributed by atoms with Gasteiger partial charge in [-0.2, -0.15) is 0 Å². The minimum atomic E-state index is 0.375. The van der Waals surface area contributed by atoms with Gasteiger partial charge in [-0.05, 0) is 59.5 Å². The van der Waals surface area contributed by atoms with Gasteiger partial charge >= 0.3 is 0 Å². The maximum atomic E-state index is 6.14. The first-order chi connectivity index (χ1) is 16.8. The molecule has 34 heavy (non-hydrogen) atoms. The topological polar surface area (TPSA) is 31.4 Å². The van der Waals surface area contributed by atoms with E-state index in [0.29, 0.717) is 6.04 Å². The van der Waals surface area contributed by atoms with Gasteiger partial charge in [0.05, 0.1) is 11.6 Å². The zero-order valence-electron chi connectivity index (χ0n) is 19.3. The minimum absolute atomic E-state index is 0.375. The summed E-state index contributed by atoms with van der Waals surface area (Å²) in [6.07, 6.45) is 3.04. The molecule has 3 aromatic carbocycles. The number of nitrogens with zero attached hydrogens (tertiary/aromatic N) is 3. The lowest BCUT2D eigenvalue weighted by molar-refractivity contribution is 0.228. The second-order valence-electron chi connectivity index (χ2n) is 9.25. The number of nitrogens with one attached hydrogen (secondary N) is 1. The Kier molecular flexibility index (Phi) is 5.96. The van der Waals surface area contributed by atoms with E-state index in [2.05, 4.69) is 74.7 Å². The third-order valence-electron chi connectivity index (χ3n) is 7.24. The van der Waals surface area contributed by atoms with Crippen LogP contribution in [0.5, 0.6) is 0 Å². The van der Waals surface area contributed by atoms with Crippen LogP contribution >= 0.6 is 11.6 Å². The molecule has 1 saturated heterocycles. The Morgan fingerprint density at radius 1 is 0.853 bits per heavy atom. The Balaban J connectivity index is 1.11. The van der Waals surface area contributed by atoms with Crippen molar-refractivity contribution < 1.29 is 0 Å². The summed E-state index contributed by atoms with van der Waals surface area (Å²) >= 11 is 6.14. The highest BCUT2D eigenvalue weighted by molar-refractivity contribution is 6.31. The highest BCUT2D eigenvalue weighted by Gasteiger charge is 2.33. The van der Waals surface area contributed by atoms with E-state index in [1.54, 1.807) is 0 Å². The van der Waals surface area contributed by atoms with Crippen molar-refractivity contribution >= 4 is 28.2 Å². The van der Waals surface area contributed by atoms with Crippen molar-refractivity contribution in [2.75, 3.05) is 44.6 Å². The number of aromatic nitrogens is 1. The molecule has 172 valence electrons. The molecule has 2 heterocycles. The molecule has 2 aliphatic rings. The van der Waals surface area contributed by atoms with Crippen LogP contribution in [0.15, 0.2) is 79.0 Å². The number of fused-ring (bicyclic) bond motifs is 4. The van der Waals surface area contributed by atoms with Crippen LogP contribution in [0.25, 0.3) is 22.0 Å². The molecule has 4 aromatic rings. The van der Waals surface area contributed by atoms with Crippen LogP contribution in [0.1, 0.15) is 23.6 Å². The van der Waals surface area contributed by atoms with Gasteiger partial charge < -0.3 is 10.2 Å². The van der Waals surface area contributed by atoms with Crippen molar-refractivity contribution in [2.24, 2.45) is 0 Å². The number of hydrogen-bond donors (Lipinski definition) is 1. The second kappa shape index (κ2) is 9.38. The third kappa shape index (κ3) is 4.07. The Labute approximate surface area is 206 Å². The first-order valence-corrected chi connectivity index (χ1v) is 12.6. The van der Waals surface area contributed by atoms with Gasteiger partial charge in [0.1, 0.15) is 0 Å². The van der Waals surface area contributed by atoms with Crippen LogP contribution in [-0.4, -0.2) is 54.1 Å². The Morgan fingerprint density at radius 3 is 2.41 bits per heavy atom. The van der Waals surface area contributed by atoms with Gasteiger partial charge in [0.25, 0.3) is 0 Å². The average Bonchev–Trinajstić information content (AvgIpc) is 3.01. The van der Waals surface area contributed by atoms with Crippen LogP contribution in [0.4, 0.5) is 5.69 Å². The number of anilines is 1. The lowest BCUT2D eigenvalue weighted by Crippen LogP contribution is -2.35. The predicted molar refractivity (Wildman–Crippen MR) is 142 cm³/mol. The number of rotatable bonds is 5. The molecule has 0 amide bonds. The maximum absolute atomic E-state index is 6.14. The summed E-state index contributed by atoms with van der Waals surface area (Å²) in [5.41, 5.74) is 7.78. The quantitative estimate of drug-likeness (QED) is 0.384. The van der Waals surface area contributed by atoms with E-state index in [4.69, 9.17) is 11.6 Å². The van der Waals surface area contributed by atoms with E-state index in [-0.39, 0.29) is 0 Å². The zero-order valence-corrected chi connectivity index (χ0v) is 20.0. The van der Waals surface area contributed by atoms with Gasteiger partial charge in [-0.15, -0.1) is 0 Å². The minimum Gasteiger partial charge on any atom is -0.383 e. The molecule has 1 fully saturated rings. The van der Waals surface area contributed by atoms with Crippen LogP contribution in [-0.2, 0) is 0 Å². The zero-order chi connectivity index (χ0) is 22.9. The Bertz CT molecular complexity index is 1280. The van der Waals surface area contributed by atoms with Gasteiger partial charge in [-0.25, -0.2) is 0 Å². The summed E-state index contributed by atoms with van der Waals surface area (Å²) in [5.74, 6) is 0. The van der Waals surface area contributed by atoms with E-state index in [1.165, 1.54) is 28.7 Å². The molecule has 4 nitrogen and oxygen atoms in total. The molecular formula is C29H29ClN4. The summed E-state index contributed by atoms with van der Waals surface area (Å²) < 4.78 is 0. The monoisotopic (exact) mass is 468 g/mol. The van der Waals surface area contributed by atoms with Crippen LogP contribution in [0, 0.1) is 0 Å². The largest absolute Gasteiger partial charge is 0.383 e. The normalized spacial score (nSPS) is 16.9. The van der Waals surface area contributed by atoms with Crippen LogP contribution in [0.3, 0.4) is 0 Å². The molecule has 1 N–H and O–H groups in total. The van der Waals surface area contributed by atoms with Crippen LogP contribution < -0.4 is 5.32 Å². The molecule has 0 atom stereocenters. The van der Waals surface area contributed by atoms with Crippen molar-refractivity contribution in [1.29, 1.82) is 0 Å². The Hall–Kier alpha value is -2.92. The molecule has 1 aromatic heterocycles. The van der Waals surface area contributed by atoms with E-state index in [9.17, 15) is 0 Å². The summed E-state index contributed by atoms with van der Waals surface area (Å²) in [6, 6.07) is 26.2. The van der Waals surface area contributed by atoms with Gasteiger partial charge in [-0.3, -0.25) is 9.88 Å². The van der Waals surface area contributed by atoms with E-state index in [1.807, 2.05) is 24.4 Å². The van der Waals surface area contributed by atoms with Crippen molar-refractivity contribution in [3.05, 3.63) is 95.1 Å². The third-order valence-corrected chi connectivity index (χ3v) is 7.47. The summed E-state index contributed by atoms with van der Waals surface area (Å²) in [7, 11) is 0. The van der Waals surface area contributed by atoms with Crippen LogP contribution in [0.2, 0.25) is 5.02 Å². The number of hydrogen-bond acceptors (Lipinski definition) is 4. The van der Waals surface area contributed by atoms with E-state index < -0.39 is 0 Å². The van der Waals surface area contributed by atoms with E-state index >= 15 is 0 Å².